The van der Waals surface area contributed by atoms with Gasteiger partial charge in [0.05, 0.1) is 11.6 Å². The molecule has 0 saturated heterocycles. The van der Waals surface area contributed by atoms with Crippen LogP contribution in [-0.4, -0.2) is 26.8 Å². The molecule has 0 atom stereocenters. The van der Waals surface area contributed by atoms with Gasteiger partial charge in [0.25, 0.3) is 5.95 Å². The van der Waals surface area contributed by atoms with E-state index >= 15 is 0 Å². The van der Waals surface area contributed by atoms with E-state index in [1.54, 1.807) is 24.4 Å². The van der Waals surface area contributed by atoms with Crippen molar-refractivity contribution in [3.05, 3.63) is 35.4 Å². The highest BCUT2D eigenvalue weighted by Crippen LogP contribution is 2.03. The lowest BCUT2D eigenvalue weighted by molar-refractivity contribution is 0.881. The van der Waals surface area contributed by atoms with Crippen molar-refractivity contribution in [3.8, 4) is 6.07 Å². The van der Waals surface area contributed by atoms with Crippen molar-refractivity contribution < 1.29 is 0 Å². The molecule has 0 saturated carbocycles. The summed E-state index contributed by atoms with van der Waals surface area (Å²) in [6.45, 7) is 0. The second-order valence-corrected chi connectivity index (χ2v) is 2.71. The smallest absolute Gasteiger partial charge is 0.216 e. The van der Waals surface area contributed by atoms with Gasteiger partial charge in [-0.25, -0.2) is 4.99 Å². The van der Waals surface area contributed by atoms with Gasteiger partial charge >= 0.3 is 0 Å². The topological polar surface area (TPSA) is 90.6 Å². The molecule has 0 amide bonds. The first kappa shape index (κ1) is 9.02. The summed E-state index contributed by atoms with van der Waals surface area (Å²) < 4.78 is 0. The Morgan fingerprint density at radius 1 is 1.47 bits per heavy atom. The molecule has 0 unspecified atom stereocenters. The summed E-state index contributed by atoms with van der Waals surface area (Å²) in [4.78, 5) is 3.96. The highest BCUT2D eigenvalue weighted by atomic mass is 15.5. The molecule has 6 nitrogen and oxygen atoms in total. The number of hydrogen-bond donors (Lipinski definition) is 1. The maximum absolute atomic E-state index is 8.68. The van der Waals surface area contributed by atoms with Crippen LogP contribution in [0.5, 0.6) is 0 Å². The number of rotatable bonds is 2. The zero-order valence-corrected chi connectivity index (χ0v) is 7.62. The van der Waals surface area contributed by atoms with Crippen LogP contribution in [0.1, 0.15) is 11.1 Å². The van der Waals surface area contributed by atoms with Crippen LogP contribution in [-0.2, 0) is 0 Å². The number of hydrogen-bond acceptors (Lipinski definition) is 5. The Bertz CT molecular complexity index is 508. The van der Waals surface area contributed by atoms with Gasteiger partial charge < -0.3 is 0 Å². The number of aromatic nitrogens is 4. The Hall–Kier alpha value is -2.55. The molecule has 0 aliphatic heterocycles. The van der Waals surface area contributed by atoms with E-state index < -0.39 is 0 Å². The van der Waals surface area contributed by atoms with E-state index in [2.05, 4.69) is 25.6 Å². The van der Waals surface area contributed by atoms with Crippen molar-refractivity contribution in [3.63, 3.8) is 0 Å². The van der Waals surface area contributed by atoms with Gasteiger partial charge in [0.1, 0.15) is 0 Å². The SMILES string of the molecule is N#Cc1cccc(/C=N/c2nn[nH]n2)c1. The van der Waals surface area contributed by atoms with E-state index in [1.807, 2.05) is 12.1 Å². The normalized spacial score (nSPS) is 10.3. The number of H-pyrrole nitrogens is 1. The van der Waals surface area contributed by atoms with E-state index in [0.29, 0.717) is 5.56 Å². The molecular formula is C9H6N6. The standard InChI is InChI=1S/C9H6N6/c10-5-7-2-1-3-8(4-7)6-11-9-12-14-15-13-9/h1-4,6H,(H,12,13,14,15)/b11-6+. The molecule has 0 bridgehead atoms. The van der Waals surface area contributed by atoms with Crippen molar-refractivity contribution in [2.75, 3.05) is 0 Å². The minimum atomic E-state index is 0.261. The van der Waals surface area contributed by atoms with Crippen LogP contribution in [0.4, 0.5) is 5.95 Å². The molecule has 1 aromatic heterocycles. The molecule has 0 aliphatic rings. The lowest BCUT2D eigenvalue weighted by atomic mass is 10.1. The number of nitrogens with one attached hydrogen (secondary N) is 1. The van der Waals surface area contributed by atoms with E-state index in [4.69, 9.17) is 5.26 Å². The molecule has 15 heavy (non-hydrogen) atoms. The summed E-state index contributed by atoms with van der Waals surface area (Å²) in [6, 6.07) is 9.13. The van der Waals surface area contributed by atoms with Gasteiger partial charge in [-0.3, -0.25) is 0 Å². The minimum absolute atomic E-state index is 0.261. The zero-order valence-electron chi connectivity index (χ0n) is 7.62. The van der Waals surface area contributed by atoms with Crippen LogP contribution < -0.4 is 0 Å². The fraction of sp³-hybridized carbons (Fsp3) is 0. The zero-order chi connectivity index (χ0) is 10.5. The second kappa shape index (κ2) is 4.11. The fourth-order valence-corrected chi connectivity index (χ4v) is 1.03. The van der Waals surface area contributed by atoms with Crippen LogP contribution in [0.15, 0.2) is 29.3 Å². The monoisotopic (exact) mass is 198 g/mol. The third-order valence-corrected chi connectivity index (χ3v) is 1.68. The second-order valence-electron chi connectivity index (χ2n) is 2.71. The minimum Gasteiger partial charge on any atom is -0.216 e. The predicted molar refractivity (Wildman–Crippen MR) is 52.6 cm³/mol. The van der Waals surface area contributed by atoms with Crippen molar-refractivity contribution in [1.82, 2.24) is 20.6 Å². The Kier molecular flexibility index (Phi) is 2.47. The molecule has 0 radical (unpaired) electrons. The highest BCUT2D eigenvalue weighted by molar-refractivity contribution is 5.81. The van der Waals surface area contributed by atoms with E-state index in [9.17, 15) is 0 Å². The average molecular weight is 198 g/mol. The fourth-order valence-electron chi connectivity index (χ4n) is 1.03. The van der Waals surface area contributed by atoms with Crippen LogP contribution in [0.2, 0.25) is 0 Å². The van der Waals surface area contributed by atoms with E-state index in [-0.39, 0.29) is 5.95 Å². The predicted octanol–water partition coefficient (Wildman–Crippen LogP) is 0.822. The van der Waals surface area contributed by atoms with E-state index in [0.717, 1.165) is 5.56 Å². The Balaban J connectivity index is 2.21. The van der Waals surface area contributed by atoms with Crippen LogP contribution in [0.3, 0.4) is 0 Å². The molecule has 2 aromatic rings. The van der Waals surface area contributed by atoms with E-state index in [1.165, 1.54) is 0 Å². The van der Waals surface area contributed by atoms with Crippen molar-refractivity contribution in [2.24, 2.45) is 4.99 Å². The van der Waals surface area contributed by atoms with Gasteiger partial charge in [0.15, 0.2) is 0 Å². The molecule has 72 valence electrons. The van der Waals surface area contributed by atoms with Gasteiger partial charge in [-0.05, 0) is 22.9 Å². The summed E-state index contributed by atoms with van der Waals surface area (Å²) in [6.07, 6.45) is 1.58. The number of nitrogens with zero attached hydrogens (tertiary/aromatic N) is 5. The number of benzene rings is 1. The molecule has 2 rings (SSSR count). The Morgan fingerprint density at radius 3 is 3.13 bits per heavy atom. The quantitative estimate of drug-likeness (QED) is 0.723. The van der Waals surface area contributed by atoms with Crippen LogP contribution in [0.25, 0.3) is 0 Å². The summed E-state index contributed by atoms with van der Waals surface area (Å²) >= 11 is 0. The molecule has 1 heterocycles. The maximum atomic E-state index is 8.68. The number of aromatic amines is 1. The van der Waals surface area contributed by atoms with Gasteiger partial charge in [-0.15, -0.1) is 5.10 Å². The van der Waals surface area contributed by atoms with Crippen LogP contribution >= 0.6 is 0 Å². The highest BCUT2D eigenvalue weighted by Gasteiger charge is 1.93. The molecular weight excluding hydrogens is 192 g/mol. The molecule has 1 N–H and O–H groups in total. The number of nitriles is 1. The van der Waals surface area contributed by atoms with Gasteiger partial charge in [0.2, 0.25) is 0 Å². The lowest BCUT2D eigenvalue weighted by Gasteiger charge is -1.91. The first-order chi connectivity index (χ1) is 7.38. The first-order valence-electron chi connectivity index (χ1n) is 4.16. The van der Waals surface area contributed by atoms with Gasteiger partial charge in [0, 0.05) is 6.21 Å². The molecule has 0 spiro atoms. The maximum Gasteiger partial charge on any atom is 0.288 e. The molecule has 0 aliphatic carbocycles. The molecule has 0 fully saturated rings. The third kappa shape index (κ3) is 2.22. The largest absolute Gasteiger partial charge is 0.288 e. The lowest BCUT2D eigenvalue weighted by Crippen LogP contribution is -1.82. The molecule has 1 aromatic carbocycles. The van der Waals surface area contributed by atoms with Crippen molar-refractivity contribution in [2.45, 2.75) is 0 Å². The van der Waals surface area contributed by atoms with Gasteiger partial charge in [-0.1, -0.05) is 17.2 Å². The Morgan fingerprint density at radius 2 is 2.40 bits per heavy atom. The summed E-state index contributed by atoms with van der Waals surface area (Å²) in [7, 11) is 0. The Labute approximate surface area is 85.3 Å². The molecule has 6 heteroatoms. The summed E-state index contributed by atoms with van der Waals surface area (Å²) in [5.41, 5.74) is 1.41. The third-order valence-electron chi connectivity index (χ3n) is 1.68. The van der Waals surface area contributed by atoms with Crippen LogP contribution in [0, 0.1) is 11.3 Å². The van der Waals surface area contributed by atoms with Gasteiger partial charge in [-0.2, -0.15) is 10.5 Å². The summed E-state index contributed by atoms with van der Waals surface area (Å²) in [5.74, 6) is 0.261. The van der Waals surface area contributed by atoms with Crippen molar-refractivity contribution in [1.29, 1.82) is 5.26 Å². The van der Waals surface area contributed by atoms with Crippen molar-refractivity contribution >= 4 is 12.2 Å². The first-order valence-corrected chi connectivity index (χ1v) is 4.16. The number of aliphatic imine (C=N–C) groups is 1. The number of tetrazole rings is 1. The average Bonchev–Trinajstić information content (AvgIpc) is 2.79. The summed E-state index contributed by atoms with van der Waals surface area (Å²) in [5, 5.41) is 21.7.